The number of hydrogen-bond donors (Lipinski definition) is 1. The normalized spacial score (nSPS) is 14.6. The number of hydrogen-bond acceptors (Lipinski definition) is 6. The number of rotatable bonds is 5. The van der Waals surface area contributed by atoms with Gasteiger partial charge in [-0.1, -0.05) is 17.3 Å². The van der Waals surface area contributed by atoms with Gasteiger partial charge in [0.15, 0.2) is 0 Å². The second-order valence-corrected chi connectivity index (χ2v) is 9.59. The van der Waals surface area contributed by atoms with E-state index in [4.69, 9.17) is 4.52 Å². The van der Waals surface area contributed by atoms with E-state index in [9.17, 15) is 8.42 Å². The van der Waals surface area contributed by atoms with Crippen LogP contribution >= 0.6 is 11.3 Å². The fourth-order valence-corrected chi connectivity index (χ4v) is 5.36. The Labute approximate surface area is 156 Å². The topological polar surface area (TPSA) is 85.1 Å². The van der Waals surface area contributed by atoms with E-state index in [0.717, 1.165) is 24.0 Å². The molecule has 2 aromatic heterocycles. The maximum Gasteiger partial charge on any atom is 0.263 e. The van der Waals surface area contributed by atoms with Crippen LogP contribution in [0.2, 0.25) is 0 Å². The molecule has 1 N–H and O–H groups in total. The Bertz CT molecular complexity index is 1080. The van der Waals surface area contributed by atoms with E-state index in [2.05, 4.69) is 14.9 Å². The van der Waals surface area contributed by atoms with Crippen LogP contribution in [0.5, 0.6) is 0 Å². The van der Waals surface area contributed by atoms with Gasteiger partial charge < -0.3 is 4.52 Å². The van der Waals surface area contributed by atoms with Crippen LogP contribution in [0, 0.1) is 20.8 Å². The Morgan fingerprint density at radius 2 is 1.96 bits per heavy atom. The van der Waals surface area contributed by atoms with E-state index in [1.165, 1.54) is 11.3 Å². The van der Waals surface area contributed by atoms with Gasteiger partial charge in [0, 0.05) is 10.8 Å². The summed E-state index contributed by atoms with van der Waals surface area (Å²) in [6.45, 7) is 5.59. The zero-order valence-electron chi connectivity index (χ0n) is 14.7. The maximum absolute atomic E-state index is 12.9. The van der Waals surface area contributed by atoms with Crippen molar-refractivity contribution in [2.24, 2.45) is 0 Å². The number of aryl methyl sites for hydroxylation is 3. The highest BCUT2D eigenvalue weighted by atomic mass is 32.2. The molecular formula is C18H19N3O3S2. The number of aromatic nitrogens is 2. The summed E-state index contributed by atoms with van der Waals surface area (Å²) in [7, 11) is -3.69. The first-order valence-electron chi connectivity index (χ1n) is 8.38. The smallest absolute Gasteiger partial charge is 0.263 e. The molecule has 0 saturated heterocycles. The van der Waals surface area contributed by atoms with Crippen LogP contribution in [0.3, 0.4) is 0 Å². The van der Waals surface area contributed by atoms with Crippen molar-refractivity contribution in [1.82, 2.24) is 10.1 Å². The molecule has 1 aliphatic carbocycles. The fraction of sp³-hybridized carbons (Fsp3) is 0.333. The average molecular weight is 390 g/mol. The lowest BCUT2D eigenvalue weighted by atomic mass is 10.1. The van der Waals surface area contributed by atoms with E-state index in [1.54, 1.807) is 13.0 Å². The van der Waals surface area contributed by atoms with Crippen LogP contribution in [0.25, 0.3) is 10.7 Å². The third-order valence-electron chi connectivity index (χ3n) is 4.39. The molecule has 1 fully saturated rings. The standard InChI is InChI=1S/C18H19N3O3S2/c1-10-4-5-11(2)14(8-10)21-26(22,23)16-9-15(25-12(16)3)17-19-18(24-20-17)13-6-7-13/h4-5,8-9,13,21H,6-7H2,1-3H3. The molecule has 0 amide bonds. The Morgan fingerprint density at radius 3 is 2.69 bits per heavy atom. The van der Waals surface area contributed by atoms with Gasteiger partial charge >= 0.3 is 0 Å². The van der Waals surface area contributed by atoms with E-state index in [0.29, 0.717) is 33.1 Å². The van der Waals surface area contributed by atoms with Crippen molar-refractivity contribution in [3.8, 4) is 10.7 Å². The van der Waals surface area contributed by atoms with Gasteiger partial charge in [-0.25, -0.2) is 8.42 Å². The average Bonchev–Trinajstić information content (AvgIpc) is 3.16. The van der Waals surface area contributed by atoms with Crippen molar-refractivity contribution < 1.29 is 12.9 Å². The number of benzene rings is 1. The van der Waals surface area contributed by atoms with Gasteiger partial charge in [-0.3, -0.25) is 4.72 Å². The molecular weight excluding hydrogens is 370 g/mol. The lowest BCUT2D eigenvalue weighted by Gasteiger charge is -2.11. The number of anilines is 1. The predicted octanol–water partition coefficient (Wildman–Crippen LogP) is 4.40. The summed E-state index contributed by atoms with van der Waals surface area (Å²) >= 11 is 1.35. The molecule has 6 nitrogen and oxygen atoms in total. The van der Waals surface area contributed by atoms with Crippen molar-refractivity contribution in [1.29, 1.82) is 0 Å². The maximum atomic E-state index is 12.9. The van der Waals surface area contributed by atoms with Crippen LogP contribution in [-0.4, -0.2) is 18.6 Å². The van der Waals surface area contributed by atoms with Crippen LogP contribution in [-0.2, 0) is 10.0 Å². The van der Waals surface area contributed by atoms with E-state index in [-0.39, 0.29) is 4.90 Å². The molecule has 0 radical (unpaired) electrons. The molecule has 1 aliphatic rings. The van der Waals surface area contributed by atoms with Gasteiger partial charge in [0.05, 0.1) is 10.6 Å². The van der Waals surface area contributed by atoms with Crippen LogP contribution in [0.1, 0.15) is 40.7 Å². The lowest BCUT2D eigenvalue weighted by molar-refractivity contribution is 0.380. The van der Waals surface area contributed by atoms with Crippen LogP contribution in [0.15, 0.2) is 33.7 Å². The van der Waals surface area contributed by atoms with E-state index < -0.39 is 10.0 Å². The molecule has 0 atom stereocenters. The third-order valence-corrected chi connectivity index (χ3v) is 7.06. The molecule has 0 unspecified atom stereocenters. The molecule has 0 spiro atoms. The molecule has 1 saturated carbocycles. The molecule has 26 heavy (non-hydrogen) atoms. The van der Waals surface area contributed by atoms with Gasteiger partial charge in [0.2, 0.25) is 11.7 Å². The zero-order valence-corrected chi connectivity index (χ0v) is 16.4. The summed E-state index contributed by atoms with van der Waals surface area (Å²) in [4.78, 5) is 6.04. The van der Waals surface area contributed by atoms with Crippen LogP contribution < -0.4 is 4.72 Å². The van der Waals surface area contributed by atoms with E-state index >= 15 is 0 Å². The van der Waals surface area contributed by atoms with Gasteiger partial charge in [-0.2, -0.15) is 4.98 Å². The minimum absolute atomic E-state index is 0.246. The first-order valence-corrected chi connectivity index (χ1v) is 10.7. The molecule has 0 aliphatic heterocycles. The quantitative estimate of drug-likeness (QED) is 0.699. The number of thiophene rings is 1. The van der Waals surface area contributed by atoms with Gasteiger partial charge in [0.1, 0.15) is 4.90 Å². The Hall–Kier alpha value is -2.19. The van der Waals surface area contributed by atoms with Crippen molar-refractivity contribution >= 4 is 27.0 Å². The van der Waals surface area contributed by atoms with Crippen molar-refractivity contribution in [2.75, 3.05) is 4.72 Å². The minimum Gasteiger partial charge on any atom is -0.339 e. The monoisotopic (exact) mass is 389 g/mol. The first kappa shape index (κ1) is 17.2. The third kappa shape index (κ3) is 3.26. The zero-order chi connectivity index (χ0) is 18.5. The fourth-order valence-electron chi connectivity index (χ4n) is 2.72. The largest absolute Gasteiger partial charge is 0.339 e. The molecule has 2 heterocycles. The van der Waals surface area contributed by atoms with Crippen molar-refractivity contribution in [3.63, 3.8) is 0 Å². The predicted molar refractivity (Wildman–Crippen MR) is 101 cm³/mol. The molecule has 136 valence electrons. The lowest BCUT2D eigenvalue weighted by Crippen LogP contribution is -2.14. The highest BCUT2D eigenvalue weighted by Crippen LogP contribution is 2.40. The summed E-state index contributed by atoms with van der Waals surface area (Å²) < 4.78 is 33.8. The van der Waals surface area contributed by atoms with Crippen molar-refractivity contribution in [3.05, 3.63) is 46.2 Å². The summed E-state index contributed by atoms with van der Waals surface area (Å²) in [5.74, 6) is 1.46. The molecule has 1 aromatic carbocycles. The Kier molecular flexibility index (Phi) is 4.11. The second-order valence-electron chi connectivity index (χ2n) is 6.69. The van der Waals surface area contributed by atoms with Crippen LogP contribution in [0.4, 0.5) is 5.69 Å². The van der Waals surface area contributed by atoms with Gasteiger partial charge in [0.25, 0.3) is 10.0 Å². The Balaban J connectivity index is 1.66. The number of nitrogens with zero attached hydrogens (tertiary/aromatic N) is 2. The SMILES string of the molecule is Cc1ccc(C)c(NS(=O)(=O)c2cc(-c3noc(C4CC4)n3)sc2C)c1. The second kappa shape index (κ2) is 6.21. The van der Waals surface area contributed by atoms with Gasteiger partial charge in [-0.15, -0.1) is 11.3 Å². The molecule has 4 rings (SSSR count). The number of sulfonamides is 1. The molecule has 3 aromatic rings. The summed E-state index contributed by atoms with van der Waals surface area (Å²) in [6, 6.07) is 7.30. The minimum atomic E-state index is -3.69. The first-order chi connectivity index (χ1) is 12.3. The number of nitrogens with one attached hydrogen (secondary N) is 1. The van der Waals surface area contributed by atoms with E-state index in [1.807, 2.05) is 32.0 Å². The Morgan fingerprint density at radius 1 is 1.19 bits per heavy atom. The highest BCUT2D eigenvalue weighted by molar-refractivity contribution is 7.93. The summed E-state index contributed by atoms with van der Waals surface area (Å²) in [6.07, 6.45) is 2.15. The summed E-state index contributed by atoms with van der Waals surface area (Å²) in [5.41, 5.74) is 2.46. The molecule has 0 bridgehead atoms. The van der Waals surface area contributed by atoms with Crippen molar-refractivity contribution in [2.45, 2.75) is 44.4 Å². The van der Waals surface area contributed by atoms with Gasteiger partial charge in [-0.05, 0) is 56.9 Å². The summed E-state index contributed by atoms with van der Waals surface area (Å²) in [5, 5.41) is 4.00. The molecule has 8 heteroatoms. The highest BCUT2D eigenvalue weighted by Gasteiger charge is 2.30.